The van der Waals surface area contributed by atoms with Gasteiger partial charge in [-0.1, -0.05) is 60.7 Å². The lowest BCUT2D eigenvalue weighted by Gasteiger charge is -2.39. The smallest absolute Gasteiger partial charge is 0.360 e. The van der Waals surface area contributed by atoms with E-state index in [1.807, 2.05) is 36.4 Å². The molecule has 6 heteroatoms. The zero-order chi connectivity index (χ0) is 23.4. The Morgan fingerprint density at radius 2 is 1.55 bits per heavy atom. The predicted molar refractivity (Wildman–Crippen MR) is 123 cm³/mol. The second-order valence-electron chi connectivity index (χ2n) is 7.34. The molecule has 4 rings (SSSR count). The van der Waals surface area contributed by atoms with Gasteiger partial charge in [0.15, 0.2) is 0 Å². The maximum atomic E-state index is 13.6. The van der Waals surface area contributed by atoms with Crippen molar-refractivity contribution in [1.29, 1.82) is 0 Å². The molecular formula is C27H24O6. The van der Waals surface area contributed by atoms with Crippen LogP contribution in [0.3, 0.4) is 0 Å². The molecule has 1 aliphatic heterocycles. The number of hydrogen-bond donors (Lipinski definition) is 0. The van der Waals surface area contributed by atoms with E-state index in [4.69, 9.17) is 18.9 Å². The van der Waals surface area contributed by atoms with Crippen molar-refractivity contribution >= 4 is 17.5 Å². The van der Waals surface area contributed by atoms with Crippen LogP contribution in [0.1, 0.15) is 23.6 Å². The van der Waals surface area contributed by atoms with E-state index in [0.717, 1.165) is 0 Å². The van der Waals surface area contributed by atoms with Gasteiger partial charge in [-0.2, -0.15) is 0 Å². The first kappa shape index (κ1) is 22.1. The van der Waals surface area contributed by atoms with Gasteiger partial charge in [-0.15, -0.1) is 0 Å². The minimum absolute atomic E-state index is 0.0542. The molecular weight excluding hydrogens is 420 g/mol. The average Bonchev–Trinajstić information content (AvgIpc) is 2.87. The normalized spacial score (nSPS) is 16.9. The summed E-state index contributed by atoms with van der Waals surface area (Å²) in [5.74, 6) is -0.267. The first-order chi connectivity index (χ1) is 16.1. The monoisotopic (exact) mass is 444 g/mol. The molecule has 0 saturated carbocycles. The summed E-state index contributed by atoms with van der Waals surface area (Å²) >= 11 is 0. The first-order valence-electron chi connectivity index (χ1n) is 10.6. The molecule has 0 N–H and O–H groups in total. The van der Waals surface area contributed by atoms with Crippen LogP contribution in [0.4, 0.5) is 0 Å². The van der Waals surface area contributed by atoms with Crippen LogP contribution in [0.15, 0.2) is 84.4 Å². The van der Waals surface area contributed by atoms with Gasteiger partial charge in [-0.3, -0.25) is 0 Å². The highest BCUT2D eigenvalue weighted by Gasteiger charge is 2.55. The van der Waals surface area contributed by atoms with Crippen molar-refractivity contribution in [2.75, 3.05) is 20.8 Å². The average molecular weight is 444 g/mol. The van der Waals surface area contributed by atoms with Crippen LogP contribution in [-0.4, -0.2) is 32.8 Å². The summed E-state index contributed by atoms with van der Waals surface area (Å²) < 4.78 is 22.4. The van der Waals surface area contributed by atoms with Crippen molar-refractivity contribution in [3.05, 3.63) is 101 Å². The van der Waals surface area contributed by atoms with Gasteiger partial charge in [0.1, 0.15) is 17.1 Å². The Morgan fingerprint density at radius 3 is 2.18 bits per heavy atom. The predicted octanol–water partition coefficient (Wildman–Crippen LogP) is 4.52. The molecule has 0 saturated heterocycles. The SMILES string of the molecule is CCOC(=O)[C@]1(c2ccccc2)Oc2ccccc2C(c2ccc(OC)cc2)=C1C(=O)OC. The molecule has 168 valence electrons. The van der Waals surface area contributed by atoms with Gasteiger partial charge < -0.3 is 18.9 Å². The van der Waals surface area contributed by atoms with Crippen LogP contribution >= 0.6 is 0 Å². The highest BCUT2D eigenvalue weighted by atomic mass is 16.6. The van der Waals surface area contributed by atoms with E-state index < -0.39 is 17.5 Å². The van der Waals surface area contributed by atoms with E-state index in [-0.39, 0.29) is 12.2 Å². The Kier molecular flexibility index (Phi) is 6.18. The van der Waals surface area contributed by atoms with E-state index in [1.54, 1.807) is 56.5 Å². The van der Waals surface area contributed by atoms with Gasteiger partial charge in [0.25, 0.3) is 5.60 Å². The van der Waals surface area contributed by atoms with Gasteiger partial charge in [0.2, 0.25) is 0 Å². The Hall–Kier alpha value is -4.06. The van der Waals surface area contributed by atoms with Crippen LogP contribution in [0.25, 0.3) is 5.57 Å². The zero-order valence-corrected chi connectivity index (χ0v) is 18.7. The van der Waals surface area contributed by atoms with Gasteiger partial charge in [-0.05, 0) is 30.7 Å². The lowest BCUT2D eigenvalue weighted by Crippen LogP contribution is -2.49. The summed E-state index contributed by atoms with van der Waals surface area (Å²) in [6.45, 7) is 1.82. The van der Waals surface area contributed by atoms with Gasteiger partial charge in [-0.25, -0.2) is 9.59 Å². The summed E-state index contributed by atoms with van der Waals surface area (Å²) in [6, 6.07) is 23.4. The third-order valence-corrected chi connectivity index (χ3v) is 5.53. The molecule has 0 aliphatic carbocycles. The van der Waals surface area contributed by atoms with Gasteiger partial charge in [0.05, 0.1) is 20.8 Å². The van der Waals surface area contributed by atoms with E-state index in [2.05, 4.69) is 0 Å². The second-order valence-corrected chi connectivity index (χ2v) is 7.34. The number of ether oxygens (including phenoxy) is 4. The van der Waals surface area contributed by atoms with E-state index in [9.17, 15) is 9.59 Å². The Bertz CT molecular complexity index is 1200. The highest BCUT2D eigenvalue weighted by Crippen LogP contribution is 2.49. The van der Waals surface area contributed by atoms with Crippen molar-refractivity contribution in [3.8, 4) is 11.5 Å². The number of para-hydroxylation sites is 1. The number of methoxy groups -OCH3 is 2. The van der Waals surface area contributed by atoms with Crippen LogP contribution < -0.4 is 9.47 Å². The number of carbonyl (C=O) groups excluding carboxylic acids is 2. The Labute approximate surface area is 192 Å². The number of fused-ring (bicyclic) bond motifs is 1. The molecule has 0 fully saturated rings. The number of carbonyl (C=O) groups is 2. The lowest BCUT2D eigenvalue weighted by molar-refractivity contribution is -0.162. The molecule has 1 atom stereocenters. The maximum Gasteiger partial charge on any atom is 0.360 e. The highest BCUT2D eigenvalue weighted by molar-refractivity contribution is 6.11. The van der Waals surface area contributed by atoms with Crippen molar-refractivity contribution in [1.82, 2.24) is 0 Å². The van der Waals surface area contributed by atoms with E-state index >= 15 is 0 Å². The number of hydrogen-bond acceptors (Lipinski definition) is 6. The fourth-order valence-corrected chi connectivity index (χ4v) is 4.06. The number of benzene rings is 3. The summed E-state index contributed by atoms with van der Waals surface area (Å²) in [7, 11) is 2.86. The summed E-state index contributed by atoms with van der Waals surface area (Å²) in [5.41, 5.74) is 0.565. The molecule has 0 aromatic heterocycles. The van der Waals surface area contributed by atoms with Crippen LogP contribution in [0, 0.1) is 0 Å². The van der Waals surface area contributed by atoms with Gasteiger partial charge >= 0.3 is 11.9 Å². The van der Waals surface area contributed by atoms with Crippen molar-refractivity contribution < 1.29 is 28.5 Å². The molecule has 0 unspecified atom stereocenters. The molecule has 0 radical (unpaired) electrons. The molecule has 3 aromatic carbocycles. The molecule has 1 heterocycles. The summed E-state index contributed by atoms with van der Waals surface area (Å²) in [5, 5.41) is 0. The molecule has 0 spiro atoms. The second kappa shape index (κ2) is 9.20. The van der Waals surface area contributed by atoms with E-state index in [1.165, 1.54) is 7.11 Å². The molecule has 0 bridgehead atoms. The van der Waals surface area contributed by atoms with Crippen LogP contribution in [0.5, 0.6) is 11.5 Å². The number of rotatable bonds is 6. The fourth-order valence-electron chi connectivity index (χ4n) is 4.06. The standard InChI is InChI=1S/C27H24O6/c1-4-32-26(29)27(19-10-6-5-7-11-19)24(25(28)31-3)23(18-14-16-20(30-2)17-15-18)21-12-8-9-13-22(21)33-27/h5-17H,4H2,1-3H3/t27-/m1/s1. The zero-order valence-electron chi connectivity index (χ0n) is 18.7. The van der Waals surface area contributed by atoms with Crippen LogP contribution in [0.2, 0.25) is 0 Å². The minimum atomic E-state index is -1.85. The Balaban J connectivity index is 2.14. The molecule has 33 heavy (non-hydrogen) atoms. The number of esters is 2. The topological polar surface area (TPSA) is 71.1 Å². The van der Waals surface area contributed by atoms with Crippen molar-refractivity contribution in [2.24, 2.45) is 0 Å². The quantitative estimate of drug-likeness (QED) is 0.521. The largest absolute Gasteiger partial charge is 0.497 e. The molecule has 3 aromatic rings. The van der Waals surface area contributed by atoms with Crippen molar-refractivity contribution in [3.63, 3.8) is 0 Å². The lowest BCUT2D eigenvalue weighted by atomic mass is 9.77. The van der Waals surface area contributed by atoms with Crippen LogP contribution in [-0.2, 0) is 24.7 Å². The van der Waals surface area contributed by atoms with Crippen molar-refractivity contribution in [2.45, 2.75) is 12.5 Å². The minimum Gasteiger partial charge on any atom is -0.497 e. The Morgan fingerprint density at radius 1 is 0.879 bits per heavy atom. The maximum absolute atomic E-state index is 13.6. The molecule has 6 nitrogen and oxygen atoms in total. The van der Waals surface area contributed by atoms with E-state index in [0.29, 0.717) is 33.8 Å². The third kappa shape index (κ3) is 3.74. The fraction of sp³-hybridized carbons (Fsp3) is 0.185. The molecule has 1 aliphatic rings. The summed E-state index contributed by atoms with van der Waals surface area (Å²) in [6.07, 6.45) is 0. The third-order valence-electron chi connectivity index (χ3n) is 5.53. The molecule has 0 amide bonds. The summed E-state index contributed by atoms with van der Waals surface area (Å²) in [4.78, 5) is 27.0. The first-order valence-corrected chi connectivity index (χ1v) is 10.6. The van der Waals surface area contributed by atoms with Gasteiger partial charge in [0, 0.05) is 16.7 Å².